The molecule has 0 saturated heterocycles. The number of rotatable bonds is 5. The van der Waals surface area contributed by atoms with E-state index in [0.29, 0.717) is 17.9 Å². The monoisotopic (exact) mass is 280 g/mol. The van der Waals surface area contributed by atoms with Gasteiger partial charge in [-0.2, -0.15) is 0 Å². The third-order valence-electron chi connectivity index (χ3n) is 3.43. The average Bonchev–Trinajstić information content (AvgIpc) is 2.26. The van der Waals surface area contributed by atoms with Crippen molar-refractivity contribution in [3.05, 3.63) is 34.4 Å². The first-order chi connectivity index (χ1) is 8.71. The van der Waals surface area contributed by atoms with Crippen LogP contribution >= 0.6 is 7.14 Å². The molecule has 1 aromatic carbocycles. The molecule has 1 rings (SSSR count). The second-order valence-corrected chi connectivity index (χ2v) is 9.04. The van der Waals surface area contributed by atoms with Crippen molar-refractivity contribution in [3.8, 4) is 0 Å². The predicted molar refractivity (Wildman–Crippen MR) is 82.8 cm³/mol. The van der Waals surface area contributed by atoms with E-state index in [4.69, 9.17) is 0 Å². The van der Waals surface area contributed by atoms with Crippen molar-refractivity contribution >= 4 is 12.7 Å². The Hall–Kier alpha value is -0.880. The minimum Gasteiger partial charge on any atom is -0.315 e. The molecule has 1 unspecified atom stereocenters. The summed E-state index contributed by atoms with van der Waals surface area (Å²) in [5.74, 6) is 0.279. The highest BCUT2D eigenvalue weighted by Crippen LogP contribution is 2.50. The lowest BCUT2D eigenvalue weighted by Crippen LogP contribution is -2.13. The maximum atomic E-state index is 12.9. The van der Waals surface area contributed by atoms with Crippen molar-refractivity contribution < 1.29 is 9.36 Å². The standard InChI is InChI=1S/C16H25O2P/c1-7-19(18,10-11(2)3)16(17)15-13(5)8-12(4)9-14(15)6/h8-9,11H,7,10H2,1-6H3. The lowest BCUT2D eigenvalue weighted by Gasteiger charge is -2.20. The molecule has 0 bridgehead atoms. The number of hydrogen-bond acceptors (Lipinski definition) is 2. The molecule has 19 heavy (non-hydrogen) atoms. The maximum Gasteiger partial charge on any atom is 0.221 e. The summed E-state index contributed by atoms with van der Waals surface area (Å²) in [6, 6.07) is 3.99. The SMILES string of the molecule is CCP(=O)(CC(C)C)C(=O)c1c(C)cc(C)cc1C. The Balaban J connectivity index is 3.30. The van der Waals surface area contributed by atoms with Gasteiger partial charge in [0.25, 0.3) is 0 Å². The minimum absolute atomic E-state index is 0.126. The van der Waals surface area contributed by atoms with Gasteiger partial charge in [-0.15, -0.1) is 0 Å². The van der Waals surface area contributed by atoms with Gasteiger partial charge in [-0.1, -0.05) is 38.5 Å². The van der Waals surface area contributed by atoms with E-state index < -0.39 is 7.14 Å². The van der Waals surface area contributed by atoms with E-state index in [1.54, 1.807) is 0 Å². The minimum atomic E-state index is -2.78. The van der Waals surface area contributed by atoms with E-state index in [9.17, 15) is 9.36 Å². The fraction of sp³-hybridized carbons (Fsp3) is 0.562. The van der Waals surface area contributed by atoms with Gasteiger partial charge in [-0.05, 0) is 37.8 Å². The fourth-order valence-corrected chi connectivity index (χ4v) is 5.32. The van der Waals surface area contributed by atoms with Crippen molar-refractivity contribution in [2.75, 3.05) is 12.3 Å². The van der Waals surface area contributed by atoms with Crippen molar-refractivity contribution in [1.82, 2.24) is 0 Å². The summed E-state index contributed by atoms with van der Waals surface area (Å²) in [6.07, 6.45) is 0.964. The third kappa shape index (κ3) is 3.57. The molecule has 3 heteroatoms. The predicted octanol–water partition coefficient (Wildman–Crippen LogP) is 4.79. The third-order valence-corrected chi connectivity index (χ3v) is 6.74. The Morgan fingerprint density at radius 3 is 2.00 bits per heavy atom. The molecule has 0 spiro atoms. The van der Waals surface area contributed by atoms with Crippen LogP contribution in [-0.2, 0) is 4.57 Å². The molecule has 0 aliphatic rings. The zero-order chi connectivity index (χ0) is 14.8. The first-order valence-corrected chi connectivity index (χ1v) is 8.99. The molecule has 2 nitrogen and oxygen atoms in total. The summed E-state index contributed by atoms with van der Waals surface area (Å²) in [5, 5.41) is 0. The first-order valence-electron chi connectivity index (χ1n) is 6.92. The summed E-state index contributed by atoms with van der Waals surface area (Å²) in [4.78, 5) is 12.7. The zero-order valence-electron chi connectivity index (χ0n) is 12.9. The van der Waals surface area contributed by atoms with E-state index >= 15 is 0 Å². The molecule has 0 aliphatic carbocycles. The summed E-state index contributed by atoms with van der Waals surface area (Å²) in [6.45, 7) is 11.8. The lowest BCUT2D eigenvalue weighted by molar-refractivity contribution is 0.107. The highest BCUT2D eigenvalue weighted by molar-refractivity contribution is 7.81. The van der Waals surface area contributed by atoms with Crippen LogP contribution in [0.1, 0.15) is 47.8 Å². The molecule has 0 N–H and O–H groups in total. The maximum absolute atomic E-state index is 12.9. The van der Waals surface area contributed by atoms with Gasteiger partial charge in [-0.25, -0.2) is 0 Å². The molecule has 0 radical (unpaired) electrons. The molecule has 1 aromatic rings. The van der Waals surface area contributed by atoms with Crippen LogP contribution in [0.2, 0.25) is 0 Å². The first kappa shape index (κ1) is 16.2. The van der Waals surface area contributed by atoms with E-state index in [1.807, 2.05) is 53.7 Å². The van der Waals surface area contributed by atoms with E-state index in [0.717, 1.165) is 16.7 Å². The summed E-state index contributed by atoms with van der Waals surface area (Å²) in [7, 11) is -2.78. The number of benzene rings is 1. The Kier molecular flexibility index (Phi) is 5.15. The highest BCUT2D eigenvalue weighted by atomic mass is 31.2. The van der Waals surface area contributed by atoms with Gasteiger partial charge < -0.3 is 4.57 Å². The highest BCUT2D eigenvalue weighted by Gasteiger charge is 2.33. The van der Waals surface area contributed by atoms with Crippen LogP contribution in [0.25, 0.3) is 0 Å². The molecule has 1 atom stereocenters. The van der Waals surface area contributed by atoms with Crippen LogP contribution in [0.5, 0.6) is 0 Å². The Morgan fingerprint density at radius 1 is 1.16 bits per heavy atom. The molecule has 0 amide bonds. The Labute approximate surface area is 117 Å². The summed E-state index contributed by atoms with van der Waals surface area (Å²) < 4.78 is 12.9. The molecular formula is C16H25O2P. The van der Waals surface area contributed by atoms with Gasteiger partial charge in [-0.3, -0.25) is 4.79 Å². The molecule has 0 fully saturated rings. The van der Waals surface area contributed by atoms with Gasteiger partial charge in [0.05, 0.1) is 0 Å². The fourth-order valence-electron chi connectivity index (χ4n) is 2.67. The van der Waals surface area contributed by atoms with Crippen molar-refractivity contribution in [3.63, 3.8) is 0 Å². The van der Waals surface area contributed by atoms with Crippen molar-refractivity contribution in [1.29, 1.82) is 0 Å². The zero-order valence-corrected chi connectivity index (χ0v) is 13.8. The Morgan fingerprint density at radius 2 is 1.63 bits per heavy atom. The van der Waals surface area contributed by atoms with Crippen LogP contribution in [0, 0.1) is 26.7 Å². The van der Waals surface area contributed by atoms with Crippen molar-refractivity contribution in [2.24, 2.45) is 5.92 Å². The largest absolute Gasteiger partial charge is 0.315 e. The van der Waals surface area contributed by atoms with E-state index in [2.05, 4.69) is 0 Å². The second kappa shape index (κ2) is 6.05. The Bertz CT molecular complexity index is 507. The molecule has 0 saturated carbocycles. The molecule has 0 aliphatic heterocycles. The second-order valence-electron chi connectivity index (χ2n) is 5.86. The van der Waals surface area contributed by atoms with Gasteiger partial charge in [0.2, 0.25) is 5.52 Å². The number of hydrogen-bond donors (Lipinski definition) is 0. The van der Waals surface area contributed by atoms with Crippen LogP contribution < -0.4 is 0 Å². The quantitative estimate of drug-likeness (QED) is 0.727. The number of carbonyl (C=O) groups excluding carboxylic acids is 1. The van der Waals surface area contributed by atoms with Crippen LogP contribution in [0.4, 0.5) is 0 Å². The van der Waals surface area contributed by atoms with E-state index in [-0.39, 0.29) is 11.4 Å². The van der Waals surface area contributed by atoms with E-state index in [1.165, 1.54) is 0 Å². The topological polar surface area (TPSA) is 34.1 Å². The normalized spacial score (nSPS) is 14.5. The summed E-state index contributed by atoms with van der Waals surface area (Å²) >= 11 is 0. The molecule has 0 heterocycles. The van der Waals surface area contributed by atoms with Crippen molar-refractivity contribution in [2.45, 2.75) is 41.5 Å². The van der Waals surface area contributed by atoms with Gasteiger partial charge in [0.1, 0.15) is 0 Å². The summed E-state index contributed by atoms with van der Waals surface area (Å²) in [5.41, 5.74) is 3.58. The van der Waals surface area contributed by atoms with Gasteiger partial charge in [0.15, 0.2) is 7.14 Å². The van der Waals surface area contributed by atoms with Gasteiger partial charge >= 0.3 is 0 Å². The van der Waals surface area contributed by atoms with Crippen LogP contribution in [0.3, 0.4) is 0 Å². The lowest BCUT2D eigenvalue weighted by atomic mass is 10.0. The smallest absolute Gasteiger partial charge is 0.221 e. The molecule has 0 aromatic heterocycles. The number of aryl methyl sites for hydroxylation is 3. The molecule has 106 valence electrons. The average molecular weight is 280 g/mol. The number of carbonyl (C=O) groups is 1. The van der Waals surface area contributed by atoms with Gasteiger partial charge in [0, 0.05) is 17.9 Å². The molecular weight excluding hydrogens is 255 g/mol. The van der Waals surface area contributed by atoms with Crippen LogP contribution in [-0.4, -0.2) is 17.8 Å². The van der Waals surface area contributed by atoms with Crippen LogP contribution in [0.15, 0.2) is 12.1 Å².